The molecular formula is C19H18F3N3O3S. The van der Waals surface area contributed by atoms with Crippen LogP contribution in [0.5, 0.6) is 0 Å². The number of amides is 1. The second-order valence-corrected chi connectivity index (χ2v) is 7.49. The number of nitrogens with one attached hydrogen (secondary N) is 1. The molecule has 0 bridgehead atoms. The molecule has 1 aliphatic rings. The van der Waals surface area contributed by atoms with Crippen LogP contribution in [-0.2, 0) is 15.7 Å². The highest BCUT2D eigenvalue weighted by Crippen LogP contribution is 2.39. The zero-order valence-electron chi connectivity index (χ0n) is 15.7. The molecule has 0 unspecified atom stereocenters. The Balaban J connectivity index is 1.73. The van der Waals surface area contributed by atoms with Crippen LogP contribution in [-0.4, -0.2) is 34.7 Å². The predicted octanol–water partition coefficient (Wildman–Crippen LogP) is 4.20. The Hall–Kier alpha value is -2.62. The van der Waals surface area contributed by atoms with Gasteiger partial charge in [-0.25, -0.2) is 14.8 Å². The minimum Gasteiger partial charge on any atom is -0.465 e. The molecule has 1 N–H and O–H groups in total. The van der Waals surface area contributed by atoms with Crippen molar-refractivity contribution in [3.63, 3.8) is 0 Å². The van der Waals surface area contributed by atoms with E-state index in [1.165, 1.54) is 19.2 Å². The van der Waals surface area contributed by atoms with Crippen molar-refractivity contribution in [2.24, 2.45) is 0 Å². The van der Waals surface area contributed by atoms with E-state index < -0.39 is 23.6 Å². The fraction of sp³-hybridized carbons (Fsp3) is 0.368. The third-order valence-electron chi connectivity index (χ3n) is 4.22. The van der Waals surface area contributed by atoms with Crippen molar-refractivity contribution >= 4 is 29.3 Å². The summed E-state index contributed by atoms with van der Waals surface area (Å²) in [6, 6.07) is 4.38. The highest BCUT2D eigenvalue weighted by Gasteiger charge is 2.31. The van der Waals surface area contributed by atoms with E-state index in [4.69, 9.17) is 4.74 Å². The molecule has 1 aromatic heterocycles. The predicted molar refractivity (Wildman–Crippen MR) is 101 cm³/mol. The lowest BCUT2D eigenvalue weighted by atomic mass is 10.2. The number of nitrogens with zero attached hydrogens (tertiary/aromatic N) is 2. The van der Waals surface area contributed by atoms with E-state index in [0.717, 1.165) is 36.7 Å². The summed E-state index contributed by atoms with van der Waals surface area (Å²) in [6.07, 6.45) is -2.56. The molecule has 1 aliphatic carbocycles. The highest BCUT2D eigenvalue weighted by atomic mass is 32.2. The van der Waals surface area contributed by atoms with Crippen molar-refractivity contribution in [3.05, 3.63) is 46.9 Å². The molecule has 3 rings (SSSR count). The maximum Gasteiger partial charge on any atom is 0.416 e. The number of carbonyl (C=O) groups is 2. The number of aromatic nitrogens is 2. The summed E-state index contributed by atoms with van der Waals surface area (Å²) in [4.78, 5) is 33.1. The SMILES string of the molecule is COC(=O)c1c(C)nc(C2CC2)nc1SCC(=O)Nc1cccc(C(F)(F)F)c1. The average molecular weight is 425 g/mol. The van der Waals surface area contributed by atoms with Crippen LogP contribution in [0.15, 0.2) is 29.3 Å². The number of alkyl halides is 3. The van der Waals surface area contributed by atoms with E-state index in [9.17, 15) is 22.8 Å². The Morgan fingerprint density at radius 2 is 2.00 bits per heavy atom. The third kappa shape index (κ3) is 5.26. The van der Waals surface area contributed by atoms with Crippen LogP contribution in [0.1, 0.15) is 46.2 Å². The Bertz CT molecular complexity index is 946. The number of hydrogen-bond acceptors (Lipinski definition) is 6. The molecule has 0 aliphatic heterocycles. The molecule has 29 heavy (non-hydrogen) atoms. The molecule has 0 radical (unpaired) electrons. The number of aryl methyl sites for hydroxylation is 1. The van der Waals surface area contributed by atoms with Gasteiger partial charge in [-0.2, -0.15) is 13.2 Å². The quantitative estimate of drug-likeness (QED) is 0.425. The Kier molecular flexibility index (Phi) is 6.11. The second-order valence-electron chi connectivity index (χ2n) is 6.53. The van der Waals surface area contributed by atoms with Gasteiger partial charge in [-0.3, -0.25) is 4.79 Å². The number of carbonyl (C=O) groups excluding carboxylic acids is 2. The van der Waals surface area contributed by atoms with Gasteiger partial charge >= 0.3 is 12.1 Å². The van der Waals surface area contributed by atoms with Gasteiger partial charge in [0.2, 0.25) is 5.91 Å². The molecule has 1 amide bonds. The number of thioether (sulfide) groups is 1. The Labute approximate surface area is 169 Å². The van der Waals surface area contributed by atoms with Gasteiger partial charge in [0.1, 0.15) is 16.4 Å². The summed E-state index contributed by atoms with van der Waals surface area (Å²) >= 11 is 1.02. The van der Waals surface area contributed by atoms with Gasteiger partial charge < -0.3 is 10.1 Å². The molecule has 1 heterocycles. The van der Waals surface area contributed by atoms with Gasteiger partial charge in [0.25, 0.3) is 0 Å². The van der Waals surface area contributed by atoms with Crippen molar-refractivity contribution < 1.29 is 27.5 Å². The lowest BCUT2D eigenvalue weighted by molar-refractivity contribution is -0.137. The van der Waals surface area contributed by atoms with Gasteiger partial charge in [-0.05, 0) is 38.0 Å². The van der Waals surface area contributed by atoms with Crippen molar-refractivity contribution in [2.75, 3.05) is 18.2 Å². The number of esters is 1. The van der Waals surface area contributed by atoms with Crippen molar-refractivity contribution in [1.82, 2.24) is 9.97 Å². The normalized spacial score (nSPS) is 13.8. The van der Waals surface area contributed by atoms with Crippen molar-refractivity contribution in [1.29, 1.82) is 0 Å². The molecule has 154 valence electrons. The molecule has 6 nitrogen and oxygen atoms in total. The average Bonchev–Trinajstić information content (AvgIpc) is 3.50. The first-order valence-corrected chi connectivity index (χ1v) is 9.74. The first-order chi connectivity index (χ1) is 13.7. The van der Waals surface area contributed by atoms with E-state index in [2.05, 4.69) is 15.3 Å². The number of anilines is 1. The van der Waals surface area contributed by atoms with Crippen LogP contribution in [0.25, 0.3) is 0 Å². The number of rotatable bonds is 6. The summed E-state index contributed by atoms with van der Waals surface area (Å²) in [5.74, 6) is -0.393. The van der Waals surface area contributed by atoms with E-state index in [0.29, 0.717) is 16.5 Å². The molecular weight excluding hydrogens is 407 g/mol. The van der Waals surface area contributed by atoms with Crippen molar-refractivity contribution in [3.8, 4) is 0 Å². The topological polar surface area (TPSA) is 81.2 Å². The number of hydrogen-bond donors (Lipinski definition) is 1. The van der Waals surface area contributed by atoms with Crippen LogP contribution in [0.3, 0.4) is 0 Å². The summed E-state index contributed by atoms with van der Waals surface area (Å²) < 4.78 is 43.2. The Morgan fingerprint density at radius 3 is 2.62 bits per heavy atom. The van der Waals surface area contributed by atoms with E-state index in [-0.39, 0.29) is 22.9 Å². The zero-order valence-corrected chi connectivity index (χ0v) is 16.5. The second kappa shape index (κ2) is 8.40. The van der Waals surface area contributed by atoms with E-state index in [1.807, 2.05) is 0 Å². The molecule has 0 saturated heterocycles. The molecule has 2 aromatic rings. The maximum absolute atomic E-state index is 12.8. The zero-order chi connectivity index (χ0) is 21.2. The summed E-state index contributed by atoms with van der Waals surface area (Å²) in [7, 11) is 1.24. The van der Waals surface area contributed by atoms with Gasteiger partial charge in [0.15, 0.2) is 0 Å². The number of benzene rings is 1. The van der Waals surface area contributed by atoms with Gasteiger partial charge in [0, 0.05) is 11.6 Å². The standard InChI is InChI=1S/C19H18F3N3O3S/c1-10-15(18(27)28-2)17(25-16(23-10)11-6-7-11)29-9-14(26)24-13-5-3-4-12(8-13)19(20,21)22/h3-5,8,11H,6-7,9H2,1-2H3,(H,24,26). The lowest BCUT2D eigenvalue weighted by Crippen LogP contribution is -2.16. The number of ether oxygens (including phenoxy) is 1. The molecule has 1 saturated carbocycles. The number of halogens is 3. The number of methoxy groups -OCH3 is 1. The summed E-state index contributed by atoms with van der Waals surface area (Å²) in [5, 5.41) is 2.76. The Morgan fingerprint density at radius 1 is 1.28 bits per heavy atom. The minimum absolute atomic E-state index is 0.0381. The summed E-state index contributed by atoms with van der Waals surface area (Å²) in [6.45, 7) is 1.67. The first kappa shape index (κ1) is 21.1. The fourth-order valence-electron chi connectivity index (χ4n) is 2.64. The maximum atomic E-state index is 12.8. The lowest BCUT2D eigenvalue weighted by Gasteiger charge is -2.12. The molecule has 1 fully saturated rings. The van der Waals surface area contributed by atoms with Gasteiger partial charge in [0.05, 0.1) is 24.1 Å². The molecule has 10 heteroatoms. The highest BCUT2D eigenvalue weighted by molar-refractivity contribution is 8.00. The van der Waals surface area contributed by atoms with Crippen LogP contribution in [0.2, 0.25) is 0 Å². The van der Waals surface area contributed by atoms with Gasteiger partial charge in [-0.1, -0.05) is 17.8 Å². The van der Waals surface area contributed by atoms with E-state index >= 15 is 0 Å². The first-order valence-electron chi connectivity index (χ1n) is 8.75. The third-order valence-corrected chi connectivity index (χ3v) is 5.20. The fourth-order valence-corrected chi connectivity index (χ4v) is 3.51. The van der Waals surface area contributed by atoms with Crippen molar-refractivity contribution in [2.45, 2.75) is 36.9 Å². The van der Waals surface area contributed by atoms with Crippen LogP contribution < -0.4 is 5.32 Å². The molecule has 0 atom stereocenters. The smallest absolute Gasteiger partial charge is 0.416 e. The minimum atomic E-state index is -4.50. The van der Waals surface area contributed by atoms with Crippen LogP contribution >= 0.6 is 11.8 Å². The van der Waals surface area contributed by atoms with Crippen LogP contribution in [0, 0.1) is 6.92 Å². The van der Waals surface area contributed by atoms with Crippen LogP contribution in [0.4, 0.5) is 18.9 Å². The van der Waals surface area contributed by atoms with Gasteiger partial charge in [-0.15, -0.1) is 0 Å². The molecule has 1 aromatic carbocycles. The monoisotopic (exact) mass is 425 g/mol. The summed E-state index contributed by atoms with van der Waals surface area (Å²) in [5.41, 5.74) is -0.157. The van der Waals surface area contributed by atoms with E-state index in [1.54, 1.807) is 6.92 Å². The molecule has 0 spiro atoms. The largest absolute Gasteiger partial charge is 0.465 e.